The topological polar surface area (TPSA) is 34.1 Å². The first-order valence-corrected chi connectivity index (χ1v) is 7.59. The Morgan fingerprint density at radius 1 is 1.19 bits per heavy atom. The minimum Gasteiger partial charge on any atom is -0.439 e. The van der Waals surface area contributed by atoms with Gasteiger partial charge in [-0.05, 0) is 56.1 Å². The van der Waals surface area contributed by atoms with E-state index in [-0.39, 0.29) is 0 Å². The molecule has 0 amide bonds. The van der Waals surface area contributed by atoms with Gasteiger partial charge in [0.1, 0.15) is 5.75 Å². The van der Waals surface area contributed by atoms with Gasteiger partial charge in [-0.3, -0.25) is 0 Å². The molecule has 0 fully saturated rings. The zero-order chi connectivity index (χ0) is 15.2. The fourth-order valence-corrected chi connectivity index (χ4v) is 2.13. The van der Waals surface area contributed by atoms with Gasteiger partial charge in [-0.25, -0.2) is 4.98 Å². The lowest BCUT2D eigenvalue weighted by Gasteiger charge is -2.10. The van der Waals surface area contributed by atoms with E-state index in [1.807, 2.05) is 38.1 Å². The molecule has 0 radical (unpaired) electrons. The number of hydrogen-bond donors (Lipinski definition) is 1. The molecule has 0 aliphatic rings. The highest BCUT2D eigenvalue weighted by Crippen LogP contribution is 2.25. The number of nitrogens with zero attached hydrogens (tertiary/aromatic N) is 1. The Bertz CT molecular complexity index is 614. The van der Waals surface area contributed by atoms with Gasteiger partial charge in [0.05, 0.1) is 0 Å². The zero-order valence-electron chi connectivity index (χ0n) is 12.7. The number of aryl methyl sites for hydroxylation is 2. The van der Waals surface area contributed by atoms with Gasteiger partial charge in [0, 0.05) is 23.3 Å². The summed E-state index contributed by atoms with van der Waals surface area (Å²) in [6.45, 7) is 7.97. The van der Waals surface area contributed by atoms with Crippen molar-refractivity contribution in [2.24, 2.45) is 0 Å². The molecule has 1 heterocycles. The second-order valence-corrected chi connectivity index (χ2v) is 5.49. The van der Waals surface area contributed by atoms with Gasteiger partial charge in [-0.2, -0.15) is 0 Å². The molecule has 0 unspecified atom stereocenters. The number of hydrogen-bond acceptors (Lipinski definition) is 3. The average Bonchev–Trinajstić information content (AvgIpc) is 2.45. The Labute approximate surface area is 131 Å². The smallest absolute Gasteiger partial charge is 0.219 e. The second kappa shape index (κ2) is 7.43. The Kier molecular flexibility index (Phi) is 5.59. The van der Waals surface area contributed by atoms with Crippen LogP contribution in [0.2, 0.25) is 5.02 Å². The normalized spacial score (nSPS) is 10.7. The van der Waals surface area contributed by atoms with Crippen molar-refractivity contribution in [1.29, 1.82) is 0 Å². The van der Waals surface area contributed by atoms with Crippen molar-refractivity contribution in [1.82, 2.24) is 10.3 Å². The molecule has 2 rings (SSSR count). The zero-order valence-corrected chi connectivity index (χ0v) is 13.5. The molecule has 112 valence electrons. The van der Waals surface area contributed by atoms with Crippen molar-refractivity contribution in [3.8, 4) is 11.6 Å². The average molecular weight is 305 g/mol. The van der Waals surface area contributed by atoms with Crippen molar-refractivity contribution in [2.45, 2.75) is 33.7 Å². The van der Waals surface area contributed by atoms with E-state index in [2.05, 4.69) is 23.3 Å². The van der Waals surface area contributed by atoms with E-state index in [1.165, 1.54) is 5.56 Å². The second-order valence-electron chi connectivity index (χ2n) is 5.08. The van der Waals surface area contributed by atoms with Crippen LogP contribution in [0.3, 0.4) is 0 Å². The van der Waals surface area contributed by atoms with E-state index in [1.54, 1.807) is 0 Å². The van der Waals surface area contributed by atoms with Crippen molar-refractivity contribution >= 4 is 11.6 Å². The summed E-state index contributed by atoms with van der Waals surface area (Å²) in [7, 11) is 0. The molecule has 0 saturated heterocycles. The highest BCUT2D eigenvalue weighted by molar-refractivity contribution is 6.31. The summed E-state index contributed by atoms with van der Waals surface area (Å²) < 4.78 is 5.79. The van der Waals surface area contributed by atoms with E-state index in [0.717, 1.165) is 41.5 Å². The molecule has 4 heteroatoms. The Hall–Kier alpha value is -1.58. The monoisotopic (exact) mass is 304 g/mol. The summed E-state index contributed by atoms with van der Waals surface area (Å²) in [6, 6.07) is 9.56. The van der Waals surface area contributed by atoms with Crippen LogP contribution in [-0.4, -0.2) is 11.5 Å². The first-order valence-electron chi connectivity index (χ1n) is 7.21. The fourth-order valence-electron chi connectivity index (χ4n) is 2.01. The van der Waals surface area contributed by atoms with Crippen LogP contribution in [0.15, 0.2) is 30.3 Å². The molecule has 0 bridgehead atoms. The standard InChI is InChI=1S/C17H21ClN2O/c1-4-9-19-11-14-5-8-17(20-13(14)3)21-15-6-7-16(18)12(2)10-15/h5-8,10,19H,4,9,11H2,1-3H3. The predicted molar refractivity (Wildman–Crippen MR) is 87.2 cm³/mol. The van der Waals surface area contributed by atoms with Gasteiger partial charge in [0.2, 0.25) is 5.88 Å². The number of rotatable bonds is 6. The number of nitrogens with one attached hydrogen (secondary N) is 1. The quantitative estimate of drug-likeness (QED) is 0.789. The molecule has 3 nitrogen and oxygen atoms in total. The summed E-state index contributed by atoms with van der Waals surface area (Å²) in [5, 5.41) is 4.12. The summed E-state index contributed by atoms with van der Waals surface area (Å²) in [5.41, 5.74) is 3.18. The Balaban J connectivity index is 2.07. The maximum atomic E-state index is 6.01. The first-order chi connectivity index (χ1) is 10.1. The summed E-state index contributed by atoms with van der Waals surface area (Å²) in [5.74, 6) is 1.36. The fraction of sp³-hybridized carbons (Fsp3) is 0.353. The van der Waals surface area contributed by atoms with Crippen molar-refractivity contribution in [2.75, 3.05) is 6.54 Å². The molecular weight excluding hydrogens is 284 g/mol. The Morgan fingerprint density at radius 3 is 2.67 bits per heavy atom. The molecule has 0 atom stereocenters. The third kappa shape index (κ3) is 4.45. The molecule has 0 aliphatic heterocycles. The molecular formula is C17H21ClN2O. The van der Waals surface area contributed by atoms with Crippen LogP contribution < -0.4 is 10.1 Å². The molecule has 2 aromatic rings. The van der Waals surface area contributed by atoms with Gasteiger partial charge in [-0.1, -0.05) is 24.6 Å². The number of pyridine rings is 1. The van der Waals surface area contributed by atoms with Crippen molar-refractivity contribution in [3.05, 3.63) is 52.2 Å². The van der Waals surface area contributed by atoms with Crippen LogP contribution in [0, 0.1) is 13.8 Å². The first kappa shape index (κ1) is 15.8. The molecule has 0 aliphatic carbocycles. The third-order valence-electron chi connectivity index (χ3n) is 3.26. The molecule has 21 heavy (non-hydrogen) atoms. The third-order valence-corrected chi connectivity index (χ3v) is 3.69. The van der Waals surface area contributed by atoms with Gasteiger partial charge in [-0.15, -0.1) is 0 Å². The van der Waals surface area contributed by atoms with Crippen molar-refractivity contribution < 1.29 is 4.74 Å². The van der Waals surface area contributed by atoms with E-state index < -0.39 is 0 Å². The van der Waals surface area contributed by atoms with Crippen LogP contribution in [0.1, 0.15) is 30.2 Å². The van der Waals surface area contributed by atoms with Crippen LogP contribution in [0.25, 0.3) is 0 Å². The van der Waals surface area contributed by atoms with Crippen LogP contribution >= 0.6 is 11.6 Å². The maximum Gasteiger partial charge on any atom is 0.219 e. The summed E-state index contributed by atoms with van der Waals surface area (Å²) >= 11 is 6.01. The van der Waals surface area contributed by atoms with Crippen molar-refractivity contribution in [3.63, 3.8) is 0 Å². The molecule has 0 saturated carbocycles. The lowest BCUT2D eigenvalue weighted by atomic mass is 10.2. The number of ether oxygens (including phenoxy) is 1. The predicted octanol–water partition coefficient (Wildman–Crippen LogP) is 4.64. The minimum absolute atomic E-state index is 0.605. The van der Waals surface area contributed by atoms with Crippen LogP contribution in [-0.2, 0) is 6.54 Å². The summed E-state index contributed by atoms with van der Waals surface area (Å²) in [6.07, 6.45) is 1.13. The lowest BCUT2D eigenvalue weighted by Crippen LogP contribution is -2.15. The van der Waals surface area contributed by atoms with Crippen LogP contribution in [0.4, 0.5) is 0 Å². The van der Waals surface area contributed by atoms with Crippen LogP contribution in [0.5, 0.6) is 11.6 Å². The highest BCUT2D eigenvalue weighted by Gasteiger charge is 2.05. The molecule has 1 aromatic carbocycles. The maximum absolute atomic E-state index is 6.01. The molecule has 1 N–H and O–H groups in total. The number of halogens is 1. The van der Waals surface area contributed by atoms with Gasteiger partial charge in [0.15, 0.2) is 0 Å². The van der Waals surface area contributed by atoms with E-state index in [9.17, 15) is 0 Å². The minimum atomic E-state index is 0.605. The van der Waals surface area contributed by atoms with Gasteiger partial charge >= 0.3 is 0 Å². The number of benzene rings is 1. The lowest BCUT2D eigenvalue weighted by molar-refractivity contribution is 0.460. The Morgan fingerprint density at radius 2 is 2.00 bits per heavy atom. The summed E-state index contributed by atoms with van der Waals surface area (Å²) in [4.78, 5) is 4.50. The van der Waals surface area contributed by atoms with Gasteiger partial charge < -0.3 is 10.1 Å². The number of aromatic nitrogens is 1. The van der Waals surface area contributed by atoms with E-state index in [4.69, 9.17) is 16.3 Å². The SMILES string of the molecule is CCCNCc1ccc(Oc2ccc(Cl)c(C)c2)nc1C. The molecule has 0 spiro atoms. The largest absolute Gasteiger partial charge is 0.439 e. The molecule has 1 aromatic heterocycles. The van der Waals surface area contributed by atoms with E-state index in [0.29, 0.717) is 5.88 Å². The highest BCUT2D eigenvalue weighted by atomic mass is 35.5. The van der Waals surface area contributed by atoms with E-state index >= 15 is 0 Å². The van der Waals surface area contributed by atoms with Gasteiger partial charge in [0.25, 0.3) is 0 Å².